The smallest absolute Gasteiger partial charge is 0.00683 e. The quantitative estimate of drug-likeness (QED) is 0.718. The Morgan fingerprint density at radius 1 is 1.06 bits per heavy atom. The molecule has 0 aliphatic heterocycles. The minimum atomic E-state index is 0.895. The summed E-state index contributed by atoms with van der Waals surface area (Å²) in [5.41, 5.74) is 0. The molecule has 2 fully saturated rings. The fourth-order valence-corrected chi connectivity index (χ4v) is 3.15. The van der Waals surface area contributed by atoms with E-state index in [1.807, 2.05) is 0 Å². The van der Waals surface area contributed by atoms with Crippen molar-refractivity contribution in [1.29, 1.82) is 0 Å². The highest BCUT2D eigenvalue weighted by atomic mass is 14.9. The minimum absolute atomic E-state index is 0.895. The molecule has 3 atom stereocenters. The molecule has 1 heteroatoms. The van der Waals surface area contributed by atoms with E-state index in [9.17, 15) is 0 Å². The van der Waals surface area contributed by atoms with E-state index < -0.39 is 0 Å². The number of nitrogens with one attached hydrogen (secondary N) is 1. The van der Waals surface area contributed by atoms with Gasteiger partial charge in [-0.3, -0.25) is 0 Å². The van der Waals surface area contributed by atoms with Crippen LogP contribution in [-0.4, -0.2) is 12.6 Å². The fourth-order valence-electron chi connectivity index (χ4n) is 3.15. The highest BCUT2D eigenvalue weighted by Gasteiger charge is 2.28. The van der Waals surface area contributed by atoms with E-state index in [2.05, 4.69) is 19.2 Å². The third-order valence-electron chi connectivity index (χ3n) is 4.71. The van der Waals surface area contributed by atoms with Crippen molar-refractivity contribution in [3.63, 3.8) is 0 Å². The second-order valence-corrected chi connectivity index (χ2v) is 6.24. The van der Waals surface area contributed by atoms with Crippen LogP contribution in [0.1, 0.15) is 65.2 Å². The van der Waals surface area contributed by atoms with Gasteiger partial charge in [-0.25, -0.2) is 0 Å². The third kappa shape index (κ3) is 3.76. The summed E-state index contributed by atoms with van der Waals surface area (Å²) in [7, 11) is 0. The molecule has 0 radical (unpaired) electrons. The van der Waals surface area contributed by atoms with Gasteiger partial charge in [-0.1, -0.05) is 39.5 Å². The van der Waals surface area contributed by atoms with Gasteiger partial charge in [0.1, 0.15) is 0 Å². The van der Waals surface area contributed by atoms with Crippen LogP contribution in [-0.2, 0) is 0 Å². The van der Waals surface area contributed by atoms with Crippen LogP contribution in [0.3, 0.4) is 0 Å². The van der Waals surface area contributed by atoms with Crippen molar-refractivity contribution in [3.8, 4) is 0 Å². The monoisotopic (exact) mass is 223 g/mol. The zero-order valence-electron chi connectivity index (χ0n) is 11.2. The van der Waals surface area contributed by atoms with Crippen molar-refractivity contribution in [2.75, 3.05) is 6.54 Å². The van der Waals surface area contributed by atoms with Crippen LogP contribution in [0.4, 0.5) is 0 Å². The SMILES string of the molecule is CCC(C)CC1CCCCC1CNC1CC1. The van der Waals surface area contributed by atoms with E-state index in [0.29, 0.717) is 0 Å². The summed E-state index contributed by atoms with van der Waals surface area (Å²) in [6.07, 6.45) is 11.7. The summed E-state index contributed by atoms with van der Waals surface area (Å²) in [5, 5.41) is 3.75. The molecule has 1 nitrogen and oxygen atoms in total. The predicted octanol–water partition coefficient (Wildman–Crippen LogP) is 3.98. The summed E-state index contributed by atoms with van der Waals surface area (Å²) in [6, 6.07) is 0.895. The molecule has 0 amide bonds. The number of rotatable bonds is 6. The Morgan fingerprint density at radius 3 is 2.38 bits per heavy atom. The molecule has 0 aromatic heterocycles. The van der Waals surface area contributed by atoms with Crippen molar-refractivity contribution < 1.29 is 0 Å². The molecular formula is C15H29N. The molecule has 2 aliphatic rings. The van der Waals surface area contributed by atoms with Crippen LogP contribution in [0, 0.1) is 17.8 Å². The van der Waals surface area contributed by atoms with Crippen LogP contribution in [0.25, 0.3) is 0 Å². The van der Waals surface area contributed by atoms with E-state index >= 15 is 0 Å². The standard InChI is InChI=1S/C15H29N/c1-3-12(2)10-13-6-4-5-7-14(13)11-16-15-8-9-15/h12-16H,3-11H2,1-2H3. The van der Waals surface area contributed by atoms with Crippen molar-refractivity contribution in [3.05, 3.63) is 0 Å². The van der Waals surface area contributed by atoms with Gasteiger partial charge in [-0.2, -0.15) is 0 Å². The van der Waals surface area contributed by atoms with E-state index in [1.165, 1.54) is 57.9 Å². The molecule has 0 saturated heterocycles. The molecule has 2 saturated carbocycles. The Kier molecular flexibility index (Phi) is 4.69. The predicted molar refractivity (Wildman–Crippen MR) is 70.5 cm³/mol. The first kappa shape index (κ1) is 12.4. The molecule has 1 N–H and O–H groups in total. The topological polar surface area (TPSA) is 12.0 Å². The first-order valence-electron chi connectivity index (χ1n) is 7.53. The van der Waals surface area contributed by atoms with E-state index in [4.69, 9.17) is 0 Å². The average Bonchev–Trinajstić information content (AvgIpc) is 3.11. The van der Waals surface area contributed by atoms with E-state index in [1.54, 1.807) is 0 Å². The molecule has 0 heterocycles. The Labute approximate surface area is 101 Å². The fraction of sp³-hybridized carbons (Fsp3) is 1.00. The molecule has 2 rings (SSSR count). The Morgan fingerprint density at radius 2 is 1.75 bits per heavy atom. The number of hydrogen-bond acceptors (Lipinski definition) is 1. The van der Waals surface area contributed by atoms with E-state index in [0.717, 1.165) is 23.8 Å². The van der Waals surface area contributed by atoms with Crippen molar-refractivity contribution in [2.24, 2.45) is 17.8 Å². The summed E-state index contributed by atoms with van der Waals surface area (Å²) < 4.78 is 0. The van der Waals surface area contributed by atoms with Crippen LogP contribution in [0.15, 0.2) is 0 Å². The molecule has 0 bridgehead atoms. The molecule has 3 unspecified atom stereocenters. The maximum Gasteiger partial charge on any atom is 0.00683 e. The van der Waals surface area contributed by atoms with Crippen LogP contribution < -0.4 is 5.32 Å². The highest BCUT2D eigenvalue weighted by molar-refractivity contribution is 4.85. The van der Waals surface area contributed by atoms with Gasteiger partial charge in [0.05, 0.1) is 0 Å². The maximum absolute atomic E-state index is 3.75. The second-order valence-electron chi connectivity index (χ2n) is 6.24. The molecule has 16 heavy (non-hydrogen) atoms. The Hall–Kier alpha value is -0.0400. The molecule has 0 spiro atoms. The zero-order chi connectivity index (χ0) is 11.4. The lowest BCUT2D eigenvalue weighted by atomic mass is 9.74. The third-order valence-corrected chi connectivity index (χ3v) is 4.71. The lowest BCUT2D eigenvalue weighted by molar-refractivity contribution is 0.193. The highest BCUT2D eigenvalue weighted by Crippen LogP contribution is 2.35. The molecule has 94 valence electrons. The average molecular weight is 223 g/mol. The van der Waals surface area contributed by atoms with E-state index in [-0.39, 0.29) is 0 Å². The van der Waals surface area contributed by atoms with Gasteiger partial charge in [0.2, 0.25) is 0 Å². The van der Waals surface area contributed by atoms with Gasteiger partial charge in [-0.15, -0.1) is 0 Å². The lowest BCUT2D eigenvalue weighted by Gasteiger charge is -2.33. The summed E-state index contributed by atoms with van der Waals surface area (Å²) >= 11 is 0. The summed E-state index contributed by atoms with van der Waals surface area (Å²) in [5.74, 6) is 2.95. The summed E-state index contributed by atoms with van der Waals surface area (Å²) in [4.78, 5) is 0. The first-order chi connectivity index (χ1) is 7.79. The normalized spacial score (nSPS) is 32.6. The maximum atomic E-state index is 3.75. The van der Waals surface area contributed by atoms with Gasteiger partial charge < -0.3 is 5.32 Å². The van der Waals surface area contributed by atoms with Crippen molar-refractivity contribution in [2.45, 2.75) is 71.3 Å². The van der Waals surface area contributed by atoms with Gasteiger partial charge >= 0.3 is 0 Å². The van der Waals surface area contributed by atoms with Gasteiger partial charge in [0.25, 0.3) is 0 Å². The van der Waals surface area contributed by atoms with Crippen LogP contribution in [0.5, 0.6) is 0 Å². The Balaban J connectivity index is 1.75. The van der Waals surface area contributed by atoms with Crippen LogP contribution in [0.2, 0.25) is 0 Å². The summed E-state index contributed by atoms with van der Waals surface area (Å²) in [6.45, 7) is 6.08. The molecule has 0 aromatic rings. The molecule has 2 aliphatic carbocycles. The van der Waals surface area contributed by atoms with Crippen LogP contribution >= 0.6 is 0 Å². The second kappa shape index (κ2) is 6.05. The minimum Gasteiger partial charge on any atom is -0.314 e. The lowest BCUT2D eigenvalue weighted by Crippen LogP contribution is -2.32. The van der Waals surface area contributed by atoms with Gasteiger partial charge in [-0.05, 0) is 50.0 Å². The van der Waals surface area contributed by atoms with Crippen molar-refractivity contribution in [1.82, 2.24) is 5.32 Å². The van der Waals surface area contributed by atoms with Gasteiger partial charge in [0, 0.05) is 6.04 Å². The van der Waals surface area contributed by atoms with Crippen molar-refractivity contribution >= 4 is 0 Å². The largest absolute Gasteiger partial charge is 0.314 e. The van der Waals surface area contributed by atoms with Gasteiger partial charge in [0.15, 0.2) is 0 Å². The first-order valence-corrected chi connectivity index (χ1v) is 7.53. The molecule has 0 aromatic carbocycles. The number of hydrogen-bond donors (Lipinski definition) is 1. The Bertz CT molecular complexity index is 198. The zero-order valence-corrected chi connectivity index (χ0v) is 11.2. The molecular weight excluding hydrogens is 194 g/mol.